The van der Waals surface area contributed by atoms with Gasteiger partial charge in [-0.3, -0.25) is 4.98 Å². The molecule has 1 aromatic heterocycles. The van der Waals surface area contributed by atoms with Crippen LogP contribution in [-0.4, -0.2) is 11.5 Å². The quantitative estimate of drug-likeness (QED) is 0.897. The Bertz CT molecular complexity index is 581. The van der Waals surface area contributed by atoms with Crippen LogP contribution in [0.4, 0.5) is 4.39 Å². The fourth-order valence-electron chi connectivity index (χ4n) is 2.46. The van der Waals surface area contributed by atoms with Crippen LogP contribution in [0, 0.1) is 19.7 Å². The molecule has 20 heavy (non-hydrogen) atoms. The third-order valence-electron chi connectivity index (χ3n) is 3.64. The van der Waals surface area contributed by atoms with Crippen LogP contribution in [-0.2, 0) is 6.42 Å². The Morgan fingerprint density at radius 2 is 2.00 bits per heavy atom. The Labute approximate surface area is 120 Å². The third-order valence-corrected chi connectivity index (χ3v) is 3.64. The van der Waals surface area contributed by atoms with Crippen molar-refractivity contribution in [3.05, 3.63) is 64.7 Å². The summed E-state index contributed by atoms with van der Waals surface area (Å²) in [7, 11) is 0. The zero-order valence-electron chi connectivity index (χ0n) is 12.3. The van der Waals surface area contributed by atoms with Crippen molar-refractivity contribution in [2.75, 3.05) is 6.54 Å². The number of hydrogen-bond acceptors (Lipinski definition) is 2. The summed E-state index contributed by atoms with van der Waals surface area (Å²) in [6.07, 6.45) is 4.47. The second kappa shape index (κ2) is 6.62. The Morgan fingerprint density at radius 1 is 1.20 bits per heavy atom. The zero-order valence-corrected chi connectivity index (χ0v) is 12.3. The highest BCUT2D eigenvalue weighted by Crippen LogP contribution is 2.23. The van der Waals surface area contributed by atoms with E-state index < -0.39 is 0 Å². The van der Waals surface area contributed by atoms with Crippen molar-refractivity contribution in [1.29, 1.82) is 0 Å². The maximum absolute atomic E-state index is 13.4. The SMILES string of the molecule is CCNC(Cc1cc(F)ccc1C)c1cnccc1C. The van der Waals surface area contributed by atoms with Gasteiger partial charge in [-0.2, -0.15) is 0 Å². The van der Waals surface area contributed by atoms with Gasteiger partial charge in [-0.15, -0.1) is 0 Å². The summed E-state index contributed by atoms with van der Waals surface area (Å²) in [5, 5.41) is 3.47. The lowest BCUT2D eigenvalue weighted by Gasteiger charge is -2.21. The smallest absolute Gasteiger partial charge is 0.123 e. The average Bonchev–Trinajstić information content (AvgIpc) is 2.43. The van der Waals surface area contributed by atoms with Crippen molar-refractivity contribution in [3.8, 4) is 0 Å². The summed E-state index contributed by atoms with van der Waals surface area (Å²) in [5.41, 5.74) is 4.55. The van der Waals surface area contributed by atoms with E-state index in [2.05, 4.69) is 24.1 Å². The lowest BCUT2D eigenvalue weighted by Crippen LogP contribution is -2.24. The van der Waals surface area contributed by atoms with Gasteiger partial charge in [-0.1, -0.05) is 13.0 Å². The van der Waals surface area contributed by atoms with Gasteiger partial charge in [0.05, 0.1) is 0 Å². The van der Waals surface area contributed by atoms with Crippen LogP contribution < -0.4 is 5.32 Å². The van der Waals surface area contributed by atoms with E-state index in [1.54, 1.807) is 12.3 Å². The van der Waals surface area contributed by atoms with E-state index in [4.69, 9.17) is 0 Å². The molecular formula is C17H21FN2. The molecule has 1 heterocycles. The molecule has 2 nitrogen and oxygen atoms in total. The van der Waals surface area contributed by atoms with E-state index >= 15 is 0 Å². The summed E-state index contributed by atoms with van der Waals surface area (Å²) in [6.45, 7) is 7.05. The minimum atomic E-state index is -0.177. The largest absolute Gasteiger partial charge is 0.310 e. The van der Waals surface area contributed by atoms with Gasteiger partial charge in [-0.25, -0.2) is 4.39 Å². The van der Waals surface area contributed by atoms with Crippen LogP contribution in [0.2, 0.25) is 0 Å². The Morgan fingerprint density at radius 3 is 2.70 bits per heavy atom. The predicted molar refractivity (Wildman–Crippen MR) is 80.2 cm³/mol. The van der Waals surface area contributed by atoms with Crippen molar-refractivity contribution in [2.24, 2.45) is 0 Å². The van der Waals surface area contributed by atoms with Crippen LogP contribution >= 0.6 is 0 Å². The number of likely N-dealkylation sites (N-methyl/N-ethyl adjacent to an activating group) is 1. The molecule has 1 atom stereocenters. The first-order chi connectivity index (χ1) is 9.61. The summed E-state index contributed by atoms with van der Waals surface area (Å²) in [6, 6.07) is 7.15. The molecule has 0 aliphatic rings. The predicted octanol–water partition coefficient (Wildman–Crippen LogP) is 3.73. The molecule has 1 aromatic carbocycles. The Kier molecular flexibility index (Phi) is 4.85. The third kappa shape index (κ3) is 3.42. The second-order valence-electron chi connectivity index (χ2n) is 5.12. The molecule has 0 radical (unpaired) electrons. The molecule has 0 saturated heterocycles. The molecule has 2 rings (SSSR count). The number of aryl methyl sites for hydroxylation is 2. The lowest BCUT2D eigenvalue weighted by molar-refractivity contribution is 0.541. The molecule has 0 aliphatic carbocycles. The zero-order chi connectivity index (χ0) is 14.5. The van der Waals surface area contributed by atoms with Crippen molar-refractivity contribution in [1.82, 2.24) is 10.3 Å². The van der Waals surface area contributed by atoms with Crippen molar-refractivity contribution in [3.63, 3.8) is 0 Å². The second-order valence-corrected chi connectivity index (χ2v) is 5.12. The maximum Gasteiger partial charge on any atom is 0.123 e. The van der Waals surface area contributed by atoms with Crippen LogP contribution in [0.3, 0.4) is 0 Å². The number of pyridine rings is 1. The fraction of sp³-hybridized carbons (Fsp3) is 0.353. The van der Waals surface area contributed by atoms with Crippen molar-refractivity contribution >= 4 is 0 Å². The molecule has 0 amide bonds. The average molecular weight is 272 g/mol. The number of aromatic nitrogens is 1. The highest BCUT2D eigenvalue weighted by molar-refractivity contribution is 5.31. The van der Waals surface area contributed by atoms with Gasteiger partial charge >= 0.3 is 0 Å². The minimum absolute atomic E-state index is 0.161. The molecule has 3 heteroatoms. The van der Waals surface area contributed by atoms with Gasteiger partial charge in [0.25, 0.3) is 0 Å². The molecule has 1 unspecified atom stereocenters. The van der Waals surface area contributed by atoms with E-state index in [0.29, 0.717) is 0 Å². The number of hydrogen-bond donors (Lipinski definition) is 1. The summed E-state index contributed by atoms with van der Waals surface area (Å²) in [4.78, 5) is 4.22. The summed E-state index contributed by atoms with van der Waals surface area (Å²) < 4.78 is 13.4. The van der Waals surface area contributed by atoms with Gasteiger partial charge in [0.2, 0.25) is 0 Å². The summed E-state index contributed by atoms with van der Waals surface area (Å²) >= 11 is 0. The molecule has 2 aromatic rings. The maximum atomic E-state index is 13.4. The molecule has 0 bridgehead atoms. The number of halogens is 1. The molecular weight excluding hydrogens is 251 g/mol. The minimum Gasteiger partial charge on any atom is -0.310 e. The van der Waals surface area contributed by atoms with Crippen LogP contribution in [0.5, 0.6) is 0 Å². The van der Waals surface area contributed by atoms with E-state index in [1.807, 2.05) is 25.3 Å². The molecule has 1 N–H and O–H groups in total. The molecule has 106 valence electrons. The van der Waals surface area contributed by atoms with Gasteiger partial charge < -0.3 is 5.32 Å². The van der Waals surface area contributed by atoms with Crippen molar-refractivity contribution in [2.45, 2.75) is 33.2 Å². The lowest BCUT2D eigenvalue weighted by atomic mass is 9.94. The van der Waals surface area contributed by atoms with Crippen molar-refractivity contribution < 1.29 is 4.39 Å². The monoisotopic (exact) mass is 272 g/mol. The van der Waals surface area contributed by atoms with E-state index in [9.17, 15) is 4.39 Å². The number of nitrogens with zero attached hydrogens (tertiary/aromatic N) is 1. The molecule has 0 aliphatic heterocycles. The van der Waals surface area contributed by atoms with Gasteiger partial charge in [-0.05, 0) is 67.3 Å². The standard InChI is InChI=1S/C17H21FN2/c1-4-20-17(16-11-19-8-7-13(16)3)10-14-9-15(18)6-5-12(14)2/h5-9,11,17,20H,4,10H2,1-3H3. The van der Waals surface area contributed by atoms with Gasteiger partial charge in [0.1, 0.15) is 5.82 Å². The Hall–Kier alpha value is -1.74. The van der Waals surface area contributed by atoms with E-state index in [-0.39, 0.29) is 11.9 Å². The number of rotatable bonds is 5. The molecule has 0 fully saturated rings. The molecule has 0 spiro atoms. The highest BCUT2D eigenvalue weighted by atomic mass is 19.1. The fourth-order valence-corrected chi connectivity index (χ4v) is 2.46. The Balaban J connectivity index is 2.30. The molecule has 0 saturated carbocycles. The first kappa shape index (κ1) is 14.7. The first-order valence-corrected chi connectivity index (χ1v) is 7.00. The normalized spacial score (nSPS) is 12.4. The first-order valence-electron chi connectivity index (χ1n) is 7.00. The van der Waals surface area contributed by atoms with E-state index in [1.165, 1.54) is 17.2 Å². The number of benzene rings is 1. The highest BCUT2D eigenvalue weighted by Gasteiger charge is 2.15. The number of nitrogens with one attached hydrogen (secondary N) is 1. The van der Waals surface area contributed by atoms with Gasteiger partial charge in [0, 0.05) is 18.4 Å². The summed E-state index contributed by atoms with van der Waals surface area (Å²) in [5.74, 6) is -0.177. The topological polar surface area (TPSA) is 24.9 Å². The van der Waals surface area contributed by atoms with Crippen LogP contribution in [0.25, 0.3) is 0 Å². The van der Waals surface area contributed by atoms with Crippen LogP contribution in [0.15, 0.2) is 36.7 Å². The van der Waals surface area contributed by atoms with E-state index in [0.717, 1.165) is 24.1 Å². The van der Waals surface area contributed by atoms with Gasteiger partial charge in [0.15, 0.2) is 0 Å². The van der Waals surface area contributed by atoms with Crippen LogP contribution in [0.1, 0.15) is 35.2 Å².